The molecule has 2 bridgehead atoms. The summed E-state index contributed by atoms with van der Waals surface area (Å²) in [5, 5.41) is 21.0. The number of hydrogen-bond donors (Lipinski definition) is 3. The third-order valence-corrected chi connectivity index (χ3v) is 8.37. The number of piperidine rings is 1. The largest absolute Gasteiger partial charge is 0.493 e. The summed E-state index contributed by atoms with van der Waals surface area (Å²) in [6.45, 7) is 2.09. The molecule has 6 atom stereocenters. The Morgan fingerprint density at radius 2 is 1.97 bits per heavy atom. The monoisotopic (exact) mass is 588 g/mol. The fourth-order valence-corrected chi connectivity index (χ4v) is 6.49. The number of ether oxygens (including phenoxy) is 4. The van der Waals surface area contributed by atoms with E-state index >= 15 is 0 Å². The first-order chi connectivity index (χ1) is 17.5. The number of nitrogens with zero attached hydrogens (tertiary/aromatic N) is 1. The van der Waals surface area contributed by atoms with Gasteiger partial charge in [0.1, 0.15) is 11.8 Å². The minimum Gasteiger partial charge on any atom is -0.493 e. The van der Waals surface area contributed by atoms with Gasteiger partial charge in [-0.2, -0.15) is 0 Å². The number of carbonyl (C=O) groups is 3. The highest BCUT2D eigenvalue weighted by molar-refractivity contribution is 5.85. The minimum atomic E-state index is -1.28. The zero-order chi connectivity index (χ0) is 26.7. The summed E-state index contributed by atoms with van der Waals surface area (Å²) in [6, 6.07) is 2.55. The Bertz CT molecular complexity index is 1190. The second-order valence-corrected chi connectivity index (χ2v) is 10.3. The van der Waals surface area contributed by atoms with Crippen molar-refractivity contribution in [3.8, 4) is 11.5 Å². The van der Waals surface area contributed by atoms with Crippen LogP contribution < -0.4 is 15.2 Å². The highest BCUT2D eigenvalue weighted by atomic mass is 35.5. The molecule has 2 aliphatic heterocycles. The van der Waals surface area contributed by atoms with Crippen molar-refractivity contribution in [2.24, 2.45) is 5.73 Å². The van der Waals surface area contributed by atoms with Crippen molar-refractivity contribution in [1.82, 2.24) is 4.90 Å². The van der Waals surface area contributed by atoms with Crippen LogP contribution in [0.3, 0.4) is 0 Å². The van der Waals surface area contributed by atoms with Crippen molar-refractivity contribution in [3.05, 3.63) is 35.1 Å². The van der Waals surface area contributed by atoms with Crippen LogP contribution in [0.25, 0.3) is 0 Å². The normalized spacial score (nSPS) is 29.2. The van der Waals surface area contributed by atoms with Gasteiger partial charge in [0.15, 0.2) is 23.7 Å². The Labute approximate surface area is 238 Å². The molecular formula is C26H34Cl2N2O9. The van der Waals surface area contributed by atoms with Gasteiger partial charge in [-0.1, -0.05) is 6.07 Å². The van der Waals surface area contributed by atoms with Crippen LogP contribution in [-0.2, 0) is 35.7 Å². The fraction of sp³-hybridized carbons (Fsp3) is 0.577. The molecule has 1 fully saturated rings. The summed E-state index contributed by atoms with van der Waals surface area (Å²) in [5.74, 6) is -1.44. The third kappa shape index (κ3) is 4.63. The van der Waals surface area contributed by atoms with Crippen LogP contribution in [-0.4, -0.2) is 83.6 Å². The van der Waals surface area contributed by atoms with Crippen LogP contribution in [0.1, 0.15) is 43.7 Å². The van der Waals surface area contributed by atoms with Crippen LogP contribution in [0, 0.1) is 0 Å². The number of aliphatic carboxylic acids is 1. The van der Waals surface area contributed by atoms with Gasteiger partial charge in [0, 0.05) is 24.4 Å². The number of nitrogens with two attached hydrogens (primary N) is 1. The van der Waals surface area contributed by atoms with Crippen molar-refractivity contribution < 1.29 is 43.5 Å². The number of likely N-dealkylation sites (tertiary alicyclic amines) is 1. The molecule has 216 valence electrons. The van der Waals surface area contributed by atoms with E-state index in [4.69, 9.17) is 29.8 Å². The summed E-state index contributed by atoms with van der Waals surface area (Å²) in [7, 11) is 3.56. The van der Waals surface area contributed by atoms with Gasteiger partial charge in [0.05, 0.1) is 18.1 Å². The van der Waals surface area contributed by atoms with Crippen molar-refractivity contribution in [2.45, 2.75) is 74.3 Å². The topological polar surface area (TPSA) is 158 Å². The van der Waals surface area contributed by atoms with Gasteiger partial charge < -0.3 is 39.8 Å². The number of methoxy groups -OCH3 is 1. The van der Waals surface area contributed by atoms with Crippen LogP contribution in [0.15, 0.2) is 24.0 Å². The maximum Gasteiger partial charge on any atom is 0.352 e. The Hall–Kier alpha value is -2.57. The van der Waals surface area contributed by atoms with Gasteiger partial charge in [-0.15, -0.1) is 24.8 Å². The smallest absolute Gasteiger partial charge is 0.352 e. The lowest BCUT2D eigenvalue weighted by Crippen LogP contribution is -2.74. The van der Waals surface area contributed by atoms with E-state index in [0.29, 0.717) is 24.3 Å². The lowest BCUT2D eigenvalue weighted by molar-refractivity contribution is -0.175. The quantitative estimate of drug-likeness (QED) is 0.377. The second kappa shape index (κ2) is 11.1. The third-order valence-electron chi connectivity index (χ3n) is 8.37. The SMILES string of the molecule is COc1ccc2c3c1O[C@H]1C(OC(=O)[C@H](C)OC(=O)[C@@H](N)CCC(=O)O)=CC[C@@]4(O)[C@@H](C2)N(C)CC[C@]314.Cl.Cl. The molecule has 1 aromatic rings. The Morgan fingerprint density at radius 1 is 1.26 bits per heavy atom. The van der Waals surface area contributed by atoms with Crippen LogP contribution in [0.2, 0.25) is 0 Å². The van der Waals surface area contributed by atoms with Crippen LogP contribution in [0.5, 0.6) is 11.5 Å². The standard InChI is InChI=1S/C26H32N2O9.2ClH/c1-13(35-24(32)15(27)5-7-19(29)30)23(31)36-17-8-9-26(33)18-12-14-4-6-16(34-3)21-20(14)25(26,22(17)37-21)10-11-28(18)2;;/h4,6,8,13,15,18,22,33H,5,7,9-12,27H2,1-3H3,(H,29,30);2*1H/t13-,15-,18+,22-,25-,26+;;/m0../s1. The highest BCUT2D eigenvalue weighted by Crippen LogP contribution is 2.65. The van der Waals surface area contributed by atoms with Gasteiger partial charge in [-0.3, -0.25) is 9.59 Å². The number of halogens is 2. The first-order valence-corrected chi connectivity index (χ1v) is 12.4. The molecule has 13 heteroatoms. The molecular weight excluding hydrogens is 555 g/mol. The Kier molecular flexibility index (Phi) is 8.84. The Balaban J connectivity index is 0.00000210. The van der Waals surface area contributed by atoms with Crippen LogP contribution >= 0.6 is 24.8 Å². The first-order valence-electron chi connectivity index (χ1n) is 12.4. The first kappa shape index (κ1) is 31.0. The lowest BCUT2D eigenvalue weighted by atomic mass is 9.50. The lowest BCUT2D eigenvalue weighted by Gasteiger charge is -2.61. The molecule has 0 unspecified atom stereocenters. The molecule has 1 saturated heterocycles. The number of aliphatic hydroxyl groups is 1. The summed E-state index contributed by atoms with van der Waals surface area (Å²) in [6.07, 6.45) is 0.731. The van der Waals surface area contributed by atoms with E-state index in [2.05, 4.69) is 4.90 Å². The second-order valence-electron chi connectivity index (χ2n) is 10.3. The minimum absolute atomic E-state index is 0. The molecule has 0 aromatic heterocycles. The average molecular weight is 589 g/mol. The van der Waals surface area contributed by atoms with Gasteiger partial charge in [-0.05, 0) is 57.5 Å². The van der Waals surface area contributed by atoms with Crippen molar-refractivity contribution >= 4 is 42.7 Å². The molecule has 11 nitrogen and oxygen atoms in total. The van der Waals surface area contributed by atoms with Gasteiger partial charge >= 0.3 is 17.9 Å². The van der Waals surface area contributed by atoms with Crippen LogP contribution in [0.4, 0.5) is 0 Å². The van der Waals surface area contributed by atoms with E-state index in [0.717, 1.165) is 17.7 Å². The molecule has 0 saturated carbocycles. The number of carbonyl (C=O) groups excluding carboxylic acids is 2. The summed E-state index contributed by atoms with van der Waals surface area (Å²) >= 11 is 0. The van der Waals surface area contributed by atoms with E-state index < -0.39 is 47.2 Å². The van der Waals surface area contributed by atoms with Crippen molar-refractivity contribution in [1.29, 1.82) is 0 Å². The molecule has 1 spiro atoms. The van der Waals surface area contributed by atoms with Gasteiger partial charge in [0.25, 0.3) is 0 Å². The molecule has 0 radical (unpaired) electrons. The van der Waals surface area contributed by atoms with E-state index in [1.165, 1.54) is 6.92 Å². The maximum absolute atomic E-state index is 13.0. The van der Waals surface area contributed by atoms with E-state index in [-0.39, 0.29) is 55.9 Å². The average Bonchev–Trinajstić information content (AvgIpc) is 3.21. The maximum atomic E-state index is 13.0. The highest BCUT2D eigenvalue weighted by Gasteiger charge is 2.72. The predicted molar refractivity (Wildman–Crippen MR) is 142 cm³/mol. The van der Waals surface area contributed by atoms with E-state index in [1.807, 2.05) is 19.2 Å². The predicted octanol–water partition coefficient (Wildman–Crippen LogP) is 1.48. The molecule has 1 aromatic carbocycles. The number of likely N-dealkylation sites (N-methyl/N-ethyl adjacent to an activating group) is 1. The molecule has 39 heavy (non-hydrogen) atoms. The number of carboxylic acid groups (broad SMARTS) is 1. The summed E-state index contributed by atoms with van der Waals surface area (Å²) in [5.41, 5.74) is 5.71. The van der Waals surface area contributed by atoms with Gasteiger partial charge in [0.2, 0.25) is 0 Å². The number of hydrogen-bond acceptors (Lipinski definition) is 10. The number of esters is 2. The van der Waals surface area contributed by atoms with Crippen molar-refractivity contribution in [2.75, 3.05) is 20.7 Å². The number of benzene rings is 1. The van der Waals surface area contributed by atoms with E-state index in [9.17, 15) is 19.5 Å². The number of rotatable bonds is 8. The molecule has 0 amide bonds. The summed E-state index contributed by atoms with van der Waals surface area (Å²) < 4.78 is 22.9. The van der Waals surface area contributed by atoms with Crippen molar-refractivity contribution in [3.63, 3.8) is 0 Å². The molecule has 5 rings (SSSR count). The molecule has 4 N–H and O–H groups in total. The fourth-order valence-electron chi connectivity index (χ4n) is 6.49. The molecule has 2 heterocycles. The van der Waals surface area contributed by atoms with Gasteiger partial charge in [-0.25, -0.2) is 4.79 Å². The summed E-state index contributed by atoms with van der Waals surface area (Å²) in [4.78, 5) is 38.1. The number of carboxylic acids is 1. The molecule has 2 aliphatic carbocycles. The molecule has 4 aliphatic rings. The van der Waals surface area contributed by atoms with E-state index in [1.54, 1.807) is 13.2 Å². The zero-order valence-corrected chi connectivity index (χ0v) is 23.5. The Morgan fingerprint density at radius 3 is 2.64 bits per heavy atom. The zero-order valence-electron chi connectivity index (χ0n) is 21.9.